The molecule has 1 atom stereocenters. The van der Waals surface area contributed by atoms with E-state index in [-0.39, 0.29) is 18.1 Å². The number of aliphatic hydroxyl groups is 1. The van der Waals surface area contributed by atoms with E-state index in [1.165, 1.54) is 5.56 Å². The largest absolute Gasteiger partial charge is 0.396 e. The van der Waals surface area contributed by atoms with Gasteiger partial charge >= 0.3 is 0 Å². The van der Waals surface area contributed by atoms with Gasteiger partial charge in [-0.1, -0.05) is 62.4 Å². The summed E-state index contributed by atoms with van der Waals surface area (Å²) in [5.41, 5.74) is 2.27. The van der Waals surface area contributed by atoms with Crippen molar-refractivity contribution < 1.29 is 5.11 Å². The maximum Gasteiger partial charge on any atom is 0.214 e. The number of rotatable bonds is 6. The van der Waals surface area contributed by atoms with Gasteiger partial charge in [0.25, 0.3) is 0 Å². The first kappa shape index (κ1) is 16.9. The molecule has 1 unspecified atom stereocenters. The Bertz CT molecular complexity index is 757. The van der Waals surface area contributed by atoms with Crippen molar-refractivity contribution in [2.24, 2.45) is 0 Å². The van der Waals surface area contributed by atoms with Gasteiger partial charge < -0.3 is 10.4 Å². The lowest BCUT2D eigenvalue weighted by Crippen LogP contribution is -2.12. The number of nitrogens with one attached hydrogen (secondary N) is 1. The van der Waals surface area contributed by atoms with Crippen LogP contribution < -0.4 is 5.32 Å². The molecule has 0 spiro atoms. The van der Waals surface area contributed by atoms with Crippen molar-refractivity contribution in [1.82, 2.24) is 14.6 Å². The third kappa shape index (κ3) is 3.76. The van der Waals surface area contributed by atoms with E-state index in [1.54, 1.807) is 11.3 Å². The van der Waals surface area contributed by atoms with Crippen LogP contribution in [-0.2, 0) is 5.41 Å². The number of hydrogen-bond donors (Lipinski definition) is 2. The van der Waals surface area contributed by atoms with Crippen LogP contribution in [0.25, 0.3) is 4.96 Å². The molecule has 0 aliphatic carbocycles. The topological polar surface area (TPSA) is 62.5 Å². The first-order valence-corrected chi connectivity index (χ1v) is 9.08. The lowest BCUT2D eigenvalue weighted by atomic mass is 9.93. The van der Waals surface area contributed by atoms with E-state index in [0.717, 1.165) is 28.6 Å². The Kier molecular flexibility index (Phi) is 4.87. The first-order chi connectivity index (χ1) is 11.5. The molecule has 0 amide bonds. The number of aromatic nitrogens is 3. The van der Waals surface area contributed by atoms with Crippen molar-refractivity contribution in [1.29, 1.82) is 0 Å². The number of nitrogens with zero attached hydrogens (tertiary/aromatic N) is 3. The summed E-state index contributed by atoms with van der Waals surface area (Å²) in [6.45, 7) is 6.65. The highest BCUT2D eigenvalue weighted by atomic mass is 32.1. The zero-order valence-electron chi connectivity index (χ0n) is 14.4. The molecule has 128 valence electrons. The zero-order valence-corrected chi connectivity index (χ0v) is 15.2. The van der Waals surface area contributed by atoms with Crippen LogP contribution in [0.1, 0.15) is 50.9 Å². The summed E-state index contributed by atoms with van der Waals surface area (Å²) in [4.78, 5) is 5.59. The molecule has 2 aromatic heterocycles. The van der Waals surface area contributed by atoms with Gasteiger partial charge in [-0.05, 0) is 18.4 Å². The number of aliphatic hydroxyl groups excluding tert-OH is 1. The van der Waals surface area contributed by atoms with Gasteiger partial charge in [0, 0.05) is 12.0 Å². The van der Waals surface area contributed by atoms with Gasteiger partial charge in [-0.3, -0.25) is 0 Å². The second kappa shape index (κ2) is 6.91. The van der Waals surface area contributed by atoms with Crippen molar-refractivity contribution in [3.8, 4) is 0 Å². The van der Waals surface area contributed by atoms with E-state index in [1.807, 2.05) is 28.9 Å². The predicted octanol–water partition coefficient (Wildman–Crippen LogP) is 4.01. The molecule has 0 fully saturated rings. The van der Waals surface area contributed by atoms with Gasteiger partial charge in [0.2, 0.25) is 10.1 Å². The number of fused-ring (bicyclic) bond motifs is 1. The highest BCUT2D eigenvalue weighted by molar-refractivity contribution is 7.20. The fourth-order valence-corrected chi connectivity index (χ4v) is 3.41. The normalized spacial score (nSPS) is 13.3. The number of hydrogen-bond acceptors (Lipinski definition) is 5. The summed E-state index contributed by atoms with van der Waals surface area (Å²) < 4.78 is 1.85. The van der Waals surface area contributed by atoms with E-state index in [4.69, 9.17) is 5.11 Å². The molecule has 1 aromatic carbocycles. The SMILES string of the molecule is CC(C)(C)c1cn2nc(NC(CCCO)c3ccccc3)sc2n1. The van der Waals surface area contributed by atoms with Crippen LogP contribution in [0.15, 0.2) is 36.5 Å². The second-order valence-corrected chi connectivity index (χ2v) is 7.94. The maximum atomic E-state index is 9.16. The Labute approximate surface area is 146 Å². The molecule has 0 radical (unpaired) electrons. The second-order valence-electron chi connectivity index (χ2n) is 6.98. The Hall–Kier alpha value is -1.92. The average molecular weight is 344 g/mol. The molecule has 0 aliphatic rings. The van der Waals surface area contributed by atoms with Gasteiger partial charge in [0.15, 0.2) is 0 Å². The Balaban J connectivity index is 1.81. The first-order valence-electron chi connectivity index (χ1n) is 8.26. The molecule has 5 nitrogen and oxygen atoms in total. The molecule has 24 heavy (non-hydrogen) atoms. The molecule has 2 heterocycles. The van der Waals surface area contributed by atoms with Crippen LogP contribution in [0, 0.1) is 0 Å². The van der Waals surface area contributed by atoms with Crippen LogP contribution in [0.4, 0.5) is 5.13 Å². The van der Waals surface area contributed by atoms with Crippen LogP contribution >= 0.6 is 11.3 Å². The molecular formula is C18H24N4OS. The summed E-state index contributed by atoms with van der Waals surface area (Å²) in [5.74, 6) is 0. The van der Waals surface area contributed by atoms with E-state index in [0.29, 0.717) is 0 Å². The number of anilines is 1. The van der Waals surface area contributed by atoms with Crippen LogP contribution in [0.2, 0.25) is 0 Å². The van der Waals surface area contributed by atoms with E-state index < -0.39 is 0 Å². The van der Waals surface area contributed by atoms with Crippen molar-refractivity contribution in [2.75, 3.05) is 11.9 Å². The summed E-state index contributed by atoms with van der Waals surface area (Å²) in [5, 5.41) is 18.1. The summed E-state index contributed by atoms with van der Waals surface area (Å²) >= 11 is 1.56. The molecule has 3 rings (SSSR count). The Morgan fingerprint density at radius 3 is 2.62 bits per heavy atom. The summed E-state index contributed by atoms with van der Waals surface area (Å²) in [6, 6.07) is 10.4. The van der Waals surface area contributed by atoms with Crippen molar-refractivity contribution in [3.05, 3.63) is 47.8 Å². The van der Waals surface area contributed by atoms with Crippen molar-refractivity contribution >= 4 is 21.4 Å². The van der Waals surface area contributed by atoms with Gasteiger partial charge in [0.05, 0.1) is 17.9 Å². The van der Waals surface area contributed by atoms with Gasteiger partial charge in [0.1, 0.15) is 0 Å². The quantitative estimate of drug-likeness (QED) is 0.709. The molecule has 0 bridgehead atoms. The van der Waals surface area contributed by atoms with Crippen molar-refractivity contribution in [3.63, 3.8) is 0 Å². The smallest absolute Gasteiger partial charge is 0.214 e. The van der Waals surface area contributed by atoms with Gasteiger partial charge in [-0.2, -0.15) is 0 Å². The lowest BCUT2D eigenvalue weighted by molar-refractivity contribution is 0.281. The van der Waals surface area contributed by atoms with Crippen LogP contribution in [-0.4, -0.2) is 26.3 Å². The maximum absolute atomic E-state index is 9.16. The minimum absolute atomic E-state index is 0.0225. The van der Waals surface area contributed by atoms with E-state index in [2.05, 4.69) is 48.3 Å². The monoisotopic (exact) mass is 344 g/mol. The number of imidazole rings is 1. The zero-order chi connectivity index (χ0) is 17.2. The molecular weight excluding hydrogens is 320 g/mol. The Morgan fingerprint density at radius 1 is 1.25 bits per heavy atom. The highest BCUT2D eigenvalue weighted by Crippen LogP contribution is 2.29. The molecule has 0 saturated heterocycles. The molecule has 3 aromatic rings. The van der Waals surface area contributed by atoms with Gasteiger partial charge in [-0.25, -0.2) is 9.50 Å². The fourth-order valence-electron chi connectivity index (χ4n) is 2.57. The van der Waals surface area contributed by atoms with Crippen LogP contribution in [0.3, 0.4) is 0 Å². The third-order valence-corrected chi connectivity index (χ3v) is 4.82. The predicted molar refractivity (Wildman–Crippen MR) is 98.7 cm³/mol. The average Bonchev–Trinajstić information content (AvgIpc) is 3.10. The minimum atomic E-state index is 0.0225. The van der Waals surface area contributed by atoms with Crippen LogP contribution in [0.5, 0.6) is 0 Å². The van der Waals surface area contributed by atoms with E-state index in [9.17, 15) is 0 Å². The fraction of sp³-hybridized carbons (Fsp3) is 0.444. The summed E-state index contributed by atoms with van der Waals surface area (Å²) in [6.07, 6.45) is 3.61. The summed E-state index contributed by atoms with van der Waals surface area (Å²) in [7, 11) is 0. The lowest BCUT2D eigenvalue weighted by Gasteiger charge is -2.18. The van der Waals surface area contributed by atoms with Gasteiger partial charge in [-0.15, -0.1) is 5.10 Å². The Morgan fingerprint density at radius 2 is 2.00 bits per heavy atom. The third-order valence-electron chi connectivity index (χ3n) is 3.96. The molecule has 0 saturated carbocycles. The van der Waals surface area contributed by atoms with E-state index >= 15 is 0 Å². The molecule has 6 heteroatoms. The minimum Gasteiger partial charge on any atom is -0.396 e. The highest BCUT2D eigenvalue weighted by Gasteiger charge is 2.20. The molecule has 2 N–H and O–H groups in total. The van der Waals surface area contributed by atoms with Crippen molar-refractivity contribution in [2.45, 2.75) is 45.1 Å². The molecule has 0 aliphatic heterocycles. The number of benzene rings is 1. The standard InChI is InChI=1S/C18H24N4OS/c1-18(2,3)15-12-22-17(20-15)24-16(21-22)19-14(10-7-11-23)13-8-5-4-6-9-13/h4-6,8-9,12,14,23H,7,10-11H2,1-3H3,(H,19,21).